The molecule has 0 aromatic rings. The lowest BCUT2D eigenvalue weighted by atomic mass is 10.2. The third-order valence-corrected chi connectivity index (χ3v) is 2.79. The van der Waals surface area contributed by atoms with Crippen molar-refractivity contribution in [2.24, 2.45) is 0 Å². The summed E-state index contributed by atoms with van der Waals surface area (Å²) in [5.41, 5.74) is -0.981. The average molecular weight is 229 g/mol. The summed E-state index contributed by atoms with van der Waals surface area (Å²) in [6.45, 7) is 10.0. The first-order valence-electron chi connectivity index (χ1n) is 5.30. The highest BCUT2D eigenvalue weighted by atomic mass is 27.0. The summed E-state index contributed by atoms with van der Waals surface area (Å²) in [4.78, 5) is 13.7. The molecule has 0 N–H and O–H groups in total. The van der Waals surface area contributed by atoms with E-state index in [9.17, 15) is 4.79 Å². The molecule has 0 aliphatic carbocycles. The van der Waals surface area contributed by atoms with Crippen molar-refractivity contribution in [1.29, 1.82) is 0 Å². The van der Waals surface area contributed by atoms with Gasteiger partial charge < -0.3 is 9.47 Å². The molecular formula is C10H20AlNO3. The Hall–Kier alpha value is -0.238. The smallest absolute Gasteiger partial charge is 0.412 e. The average Bonchev–Trinajstić information content (AvgIpc) is 2.20. The van der Waals surface area contributed by atoms with E-state index in [2.05, 4.69) is 0 Å². The van der Waals surface area contributed by atoms with Gasteiger partial charge in [0.25, 0.3) is 16.3 Å². The summed E-state index contributed by atoms with van der Waals surface area (Å²) < 4.78 is 11.0. The molecule has 1 aliphatic rings. The fraction of sp³-hybridized carbons (Fsp3) is 0.900. The summed E-state index contributed by atoms with van der Waals surface area (Å²) in [7, 11) is 0. The van der Waals surface area contributed by atoms with Crippen molar-refractivity contribution in [2.75, 3.05) is 6.54 Å². The second kappa shape index (κ2) is 3.97. The van der Waals surface area contributed by atoms with Gasteiger partial charge in [-0.05, 0) is 34.6 Å². The van der Waals surface area contributed by atoms with Crippen molar-refractivity contribution in [3.63, 3.8) is 0 Å². The normalized spacial score (nSPS) is 25.4. The Morgan fingerprint density at radius 1 is 1.53 bits per heavy atom. The third kappa shape index (κ3) is 3.37. The van der Waals surface area contributed by atoms with Gasteiger partial charge in [-0.2, -0.15) is 0 Å². The number of rotatable bonds is 0. The Bertz CT molecular complexity index is 260. The van der Waals surface area contributed by atoms with E-state index in [1.807, 2.05) is 34.6 Å². The minimum atomic E-state index is -0.533. The van der Waals surface area contributed by atoms with Gasteiger partial charge in [-0.1, -0.05) is 0 Å². The van der Waals surface area contributed by atoms with Crippen LogP contribution in [0.5, 0.6) is 0 Å². The van der Waals surface area contributed by atoms with Crippen LogP contribution in [0.1, 0.15) is 34.6 Å². The molecule has 0 saturated carbocycles. The van der Waals surface area contributed by atoms with Gasteiger partial charge in [0.2, 0.25) is 0 Å². The molecule has 1 aliphatic heterocycles. The molecule has 1 amide bonds. The highest BCUT2D eigenvalue weighted by Crippen LogP contribution is 2.27. The van der Waals surface area contributed by atoms with Gasteiger partial charge in [-0.3, -0.25) is 4.90 Å². The number of carbonyl (C=O) groups is 1. The molecule has 0 unspecified atom stereocenters. The lowest BCUT2D eigenvalue weighted by molar-refractivity contribution is -0.0651. The highest BCUT2D eigenvalue weighted by molar-refractivity contribution is 6.11. The van der Waals surface area contributed by atoms with E-state index in [0.717, 1.165) is 16.3 Å². The SMILES string of the molecule is CC(C)(C)OC(=O)N1C[C@@H]([AlH2])OC1(C)C. The Kier molecular flexibility index (Phi) is 3.40. The number of nitrogens with zero attached hydrogens (tertiary/aromatic N) is 1. The van der Waals surface area contributed by atoms with Crippen LogP contribution in [0.4, 0.5) is 4.79 Å². The van der Waals surface area contributed by atoms with Gasteiger partial charge in [0.1, 0.15) is 11.3 Å². The Labute approximate surface area is 99.3 Å². The van der Waals surface area contributed by atoms with E-state index in [-0.39, 0.29) is 11.1 Å². The topological polar surface area (TPSA) is 38.8 Å². The van der Waals surface area contributed by atoms with Crippen LogP contribution in [0.15, 0.2) is 0 Å². The van der Waals surface area contributed by atoms with Crippen LogP contribution in [0, 0.1) is 0 Å². The second-order valence-corrected chi connectivity index (χ2v) is 6.75. The Morgan fingerprint density at radius 2 is 2.07 bits per heavy atom. The van der Waals surface area contributed by atoms with Gasteiger partial charge in [0.15, 0.2) is 0 Å². The number of hydrogen-bond donors (Lipinski definition) is 0. The first-order valence-corrected chi connectivity index (χ1v) is 6.46. The number of hydrogen-bond acceptors (Lipinski definition) is 3. The zero-order valence-electron chi connectivity index (χ0n) is 10.5. The standard InChI is InChI=1S/C10H18NO3.Al.2H/c1-9(2,3)14-8(12)11-6-7-13-10(11,4)5;;;/h7H,6H2,1-5H3;;;. The highest BCUT2D eigenvalue weighted by Gasteiger charge is 2.41. The molecule has 0 radical (unpaired) electrons. The third-order valence-electron chi connectivity index (χ3n) is 2.19. The van der Waals surface area contributed by atoms with Crippen molar-refractivity contribution in [2.45, 2.75) is 50.9 Å². The first kappa shape index (κ1) is 12.8. The Morgan fingerprint density at radius 3 is 2.40 bits per heavy atom. The maximum atomic E-state index is 11.9. The van der Waals surface area contributed by atoms with E-state index in [1.165, 1.54) is 0 Å². The summed E-state index contributed by atoms with van der Waals surface area (Å²) in [5.74, 6) is 0. The van der Waals surface area contributed by atoms with E-state index < -0.39 is 11.3 Å². The van der Waals surface area contributed by atoms with Crippen molar-refractivity contribution in [1.82, 2.24) is 4.90 Å². The molecule has 0 aromatic heterocycles. The van der Waals surface area contributed by atoms with Gasteiger partial charge in [-0.25, -0.2) is 4.79 Å². The quantitative estimate of drug-likeness (QED) is 0.580. The summed E-state index contributed by atoms with van der Waals surface area (Å²) in [5, 5.41) is 0. The molecule has 5 heteroatoms. The van der Waals surface area contributed by atoms with Crippen LogP contribution < -0.4 is 0 Å². The molecule has 1 atom stereocenters. The molecule has 86 valence electrons. The predicted molar refractivity (Wildman–Crippen MR) is 60.4 cm³/mol. The number of amides is 1. The van der Waals surface area contributed by atoms with Crippen LogP contribution in [-0.2, 0) is 9.47 Å². The van der Waals surface area contributed by atoms with Crippen LogP contribution >= 0.6 is 0 Å². The first-order chi connectivity index (χ1) is 6.62. The van der Waals surface area contributed by atoms with Crippen molar-refractivity contribution in [3.05, 3.63) is 0 Å². The molecule has 0 bridgehead atoms. The minimum Gasteiger partial charge on any atom is -0.444 e. The lowest BCUT2D eigenvalue weighted by Crippen LogP contribution is -2.46. The van der Waals surface area contributed by atoms with Crippen LogP contribution in [0.2, 0.25) is 0 Å². The molecule has 1 fully saturated rings. The molecule has 1 rings (SSSR count). The van der Waals surface area contributed by atoms with Crippen LogP contribution in [-0.4, -0.2) is 50.1 Å². The fourth-order valence-corrected chi connectivity index (χ4v) is 2.62. The monoisotopic (exact) mass is 229 g/mol. The van der Waals surface area contributed by atoms with Crippen LogP contribution in [0.3, 0.4) is 0 Å². The number of ether oxygens (including phenoxy) is 2. The zero-order chi connectivity index (χ0) is 11.9. The number of carbonyl (C=O) groups excluding carboxylic acids is 1. The molecule has 1 heterocycles. The molecular weight excluding hydrogens is 209 g/mol. The van der Waals surface area contributed by atoms with E-state index in [0.29, 0.717) is 6.54 Å². The van der Waals surface area contributed by atoms with Crippen molar-refractivity contribution in [3.8, 4) is 0 Å². The minimum absolute atomic E-state index is 0.201. The predicted octanol–water partition coefficient (Wildman–Crippen LogP) is 0.949. The molecule has 4 nitrogen and oxygen atoms in total. The summed E-state index contributed by atoms with van der Waals surface area (Å²) in [6.07, 6.45) is -0.286. The second-order valence-electron chi connectivity index (χ2n) is 5.47. The molecule has 15 heavy (non-hydrogen) atoms. The van der Waals surface area contributed by atoms with Crippen molar-refractivity contribution >= 4 is 22.4 Å². The van der Waals surface area contributed by atoms with E-state index in [1.54, 1.807) is 4.90 Å². The maximum absolute atomic E-state index is 11.9. The lowest BCUT2D eigenvalue weighted by Gasteiger charge is -2.32. The largest absolute Gasteiger partial charge is 0.444 e. The fourth-order valence-electron chi connectivity index (χ4n) is 1.68. The van der Waals surface area contributed by atoms with Gasteiger partial charge in [0, 0.05) is 11.5 Å². The zero-order valence-corrected chi connectivity index (χ0v) is 12.5. The van der Waals surface area contributed by atoms with Crippen LogP contribution in [0.25, 0.3) is 0 Å². The van der Waals surface area contributed by atoms with Gasteiger partial charge in [-0.15, -0.1) is 0 Å². The van der Waals surface area contributed by atoms with Crippen molar-refractivity contribution < 1.29 is 14.3 Å². The summed E-state index contributed by atoms with van der Waals surface area (Å²) in [6, 6.07) is 0. The molecule has 1 saturated heterocycles. The van der Waals surface area contributed by atoms with E-state index >= 15 is 0 Å². The molecule has 0 spiro atoms. The molecule has 0 aromatic carbocycles. The Balaban J connectivity index is 2.68. The van der Waals surface area contributed by atoms with Gasteiger partial charge >= 0.3 is 6.09 Å². The summed E-state index contributed by atoms with van der Waals surface area (Å²) >= 11 is 0.928. The maximum Gasteiger partial charge on any atom is 0.412 e. The van der Waals surface area contributed by atoms with Gasteiger partial charge in [0.05, 0.1) is 0 Å². The van der Waals surface area contributed by atoms with E-state index in [4.69, 9.17) is 9.47 Å².